The fourth-order valence-electron chi connectivity index (χ4n) is 1.25. The zero-order valence-electron chi connectivity index (χ0n) is 7.25. The molecule has 0 aromatic heterocycles. The molecule has 66 valence electrons. The fourth-order valence-corrected chi connectivity index (χ4v) is 1.25. The number of nitrogens with zero attached hydrogens (tertiary/aromatic N) is 1. The van der Waals surface area contributed by atoms with Crippen molar-refractivity contribution in [1.82, 2.24) is 4.90 Å². The molecule has 1 amide bonds. The van der Waals surface area contributed by atoms with Crippen LogP contribution in [0.4, 0.5) is 4.79 Å². The summed E-state index contributed by atoms with van der Waals surface area (Å²) in [5.74, 6) is 2.54. The molecule has 0 radical (unpaired) electrons. The molecule has 3 nitrogen and oxygen atoms in total. The second-order valence-electron chi connectivity index (χ2n) is 2.92. The molecule has 1 aliphatic rings. The van der Waals surface area contributed by atoms with Gasteiger partial charge in [-0.05, 0) is 13.3 Å². The van der Waals surface area contributed by atoms with E-state index < -0.39 is 0 Å². The van der Waals surface area contributed by atoms with Gasteiger partial charge in [0.05, 0.1) is 6.61 Å². The third-order valence-electron chi connectivity index (χ3n) is 1.95. The van der Waals surface area contributed by atoms with Gasteiger partial charge in [-0.15, -0.1) is 12.3 Å². The molecule has 0 saturated carbocycles. The number of terminal acetylenes is 1. The van der Waals surface area contributed by atoms with Crippen molar-refractivity contribution in [2.45, 2.75) is 25.8 Å². The van der Waals surface area contributed by atoms with E-state index in [9.17, 15) is 4.79 Å². The van der Waals surface area contributed by atoms with Crippen molar-refractivity contribution in [3.63, 3.8) is 0 Å². The monoisotopic (exact) mass is 167 g/mol. The summed E-state index contributed by atoms with van der Waals surface area (Å²) in [7, 11) is 0. The molecule has 1 saturated heterocycles. The van der Waals surface area contributed by atoms with E-state index in [-0.39, 0.29) is 12.1 Å². The highest BCUT2D eigenvalue weighted by molar-refractivity contribution is 5.68. The van der Waals surface area contributed by atoms with E-state index in [4.69, 9.17) is 11.2 Å². The number of amides is 1. The number of hydrogen-bond donors (Lipinski definition) is 0. The molecule has 0 aromatic carbocycles. The smallest absolute Gasteiger partial charge is 0.410 e. The third-order valence-corrected chi connectivity index (χ3v) is 1.95. The van der Waals surface area contributed by atoms with Crippen LogP contribution < -0.4 is 0 Å². The average Bonchev–Trinajstić information content (AvgIpc) is 2.05. The van der Waals surface area contributed by atoms with Crippen molar-refractivity contribution in [2.75, 3.05) is 13.2 Å². The quantitative estimate of drug-likeness (QED) is 0.579. The van der Waals surface area contributed by atoms with Gasteiger partial charge in [-0.3, -0.25) is 0 Å². The van der Waals surface area contributed by atoms with Crippen LogP contribution in [-0.4, -0.2) is 30.2 Å². The van der Waals surface area contributed by atoms with Crippen molar-refractivity contribution in [2.24, 2.45) is 0 Å². The zero-order valence-corrected chi connectivity index (χ0v) is 7.25. The Morgan fingerprint density at radius 3 is 3.17 bits per heavy atom. The summed E-state index contributed by atoms with van der Waals surface area (Å²) in [4.78, 5) is 12.8. The summed E-state index contributed by atoms with van der Waals surface area (Å²) < 4.78 is 4.88. The Morgan fingerprint density at radius 1 is 1.83 bits per heavy atom. The number of carbonyl (C=O) groups excluding carboxylic acids is 1. The largest absolute Gasteiger partial charge is 0.449 e. The highest BCUT2D eigenvalue weighted by Gasteiger charge is 2.23. The molecule has 1 rings (SSSR count). The second kappa shape index (κ2) is 4.01. The van der Waals surface area contributed by atoms with Crippen molar-refractivity contribution >= 4 is 6.09 Å². The molecule has 1 heterocycles. The van der Waals surface area contributed by atoms with Crippen molar-refractivity contribution < 1.29 is 9.53 Å². The van der Waals surface area contributed by atoms with Crippen molar-refractivity contribution in [1.29, 1.82) is 0 Å². The summed E-state index contributed by atoms with van der Waals surface area (Å²) in [6.07, 6.45) is 6.42. The summed E-state index contributed by atoms with van der Waals surface area (Å²) in [6.45, 7) is 3.24. The Balaban J connectivity index is 2.48. The van der Waals surface area contributed by atoms with E-state index in [2.05, 4.69) is 5.92 Å². The minimum atomic E-state index is -0.232. The van der Waals surface area contributed by atoms with E-state index in [0.29, 0.717) is 13.0 Å². The Labute approximate surface area is 72.7 Å². The van der Waals surface area contributed by atoms with Gasteiger partial charge in [0, 0.05) is 19.0 Å². The SMILES string of the molecule is C#CCC(C)N1CCCOC1=O. The first kappa shape index (κ1) is 8.92. The topological polar surface area (TPSA) is 29.5 Å². The Morgan fingerprint density at radius 2 is 2.58 bits per heavy atom. The molecular weight excluding hydrogens is 154 g/mol. The van der Waals surface area contributed by atoms with Crippen molar-refractivity contribution in [3.05, 3.63) is 0 Å². The Hall–Kier alpha value is -1.17. The molecule has 1 atom stereocenters. The van der Waals surface area contributed by atoms with Crippen molar-refractivity contribution in [3.8, 4) is 12.3 Å². The molecule has 0 aliphatic carbocycles. The van der Waals surface area contributed by atoms with E-state index in [1.807, 2.05) is 6.92 Å². The van der Waals surface area contributed by atoms with E-state index in [0.717, 1.165) is 13.0 Å². The number of carbonyl (C=O) groups is 1. The van der Waals surface area contributed by atoms with Crippen LogP contribution in [0, 0.1) is 12.3 Å². The van der Waals surface area contributed by atoms with Gasteiger partial charge in [0.15, 0.2) is 0 Å². The molecule has 3 heteroatoms. The lowest BCUT2D eigenvalue weighted by Crippen LogP contribution is -2.43. The summed E-state index contributed by atoms with van der Waals surface area (Å²) in [6, 6.07) is 0.0998. The molecule has 0 aromatic rings. The van der Waals surface area contributed by atoms with E-state index in [1.165, 1.54) is 0 Å². The molecule has 1 unspecified atom stereocenters. The van der Waals surface area contributed by atoms with Crippen LogP contribution in [-0.2, 0) is 4.74 Å². The molecular formula is C9H13NO2. The normalized spacial score (nSPS) is 19.7. The predicted molar refractivity (Wildman–Crippen MR) is 45.6 cm³/mol. The van der Waals surface area contributed by atoms with Crippen LogP contribution in [0.1, 0.15) is 19.8 Å². The number of hydrogen-bond acceptors (Lipinski definition) is 2. The van der Waals surface area contributed by atoms with Gasteiger partial charge in [0.1, 0.15) is 0 Å². The van der Waals surface area contributed by atoms with Crippen LogP contribution in [0.25, 0.3) is 0 Å². The van der Waals surface area contributed by atoms with Crippen LogP contribution in [0.3, 0.4) is 0 Å². The first-order chi connectivity index (χ1) is 5.75. The van der Waals surface area contributed by atoms with Crippen LogP contribution in [0.5, 0.6) is 0 Å². The highest BCUT2D eigenvalue weighted by Crippen LogP contribution is 2.10. The first-order valence-corrected chi connectivity index (χ1v) is 4.12. The first-order valence-electron chi connectivity index (χ1n) is 4.12. The molecule has 0 spiro atoms. The molecule has 0 N–H and O–H groups in total. The minimum absolute atomic E-state index is 0.0998. The molecule has 12 heavy (non-hydrogen) atoms. The maximum atomic E-state index is 11.1. The fraction of sp³-hybridized carbons (Fsp3) is 0.667. The van der Waals surface area contributed by atoms with Gasteiger partial charge >= 0.3 is 6.09 Å². The summed E-state index contributed by atoms with van der Waals surface area (Å²) in [5.41, 5.74) is 0. The van der Waals surface area contributed by atoms with E-state index in [1.54, 1.807) is 4.90 Å². The standard InChI is InChI=1S/C9H13NO2/c1-3-5-8(2)10-6-4-7-12-9(10)11/h1,8H,4-7H2,2H3. The molecule has 1 aliphatic heterocycles. The van der Waals surface area contributed by atoms with Gasteiger partial charge in [-0.2, -0.15) is 0 Å². The van der Waals surface area contributed by atoms with Gasteiger partial charge in [-0.1, -0.05) is 0 Å². The number of ether oxygens (including phenoxy) is 1. The number of rotatable bonds is 2. The predicted octanol–water partition coefficient (Wildman–Crippen LogP) is 1.24. The van der Waals surface area contributed by atoms with Gasteiger partial charge in [-0.25, -0.2) is 4.79 Å². The average molecular weight is 167 g/mol. The van der Waals surface area contributed by atoms with Crippen LogP contribution in [0.2, 0.25) is 0 Å². The lowest BCUT2D eigenvalue weighted by atomic mass is 10.2. The maximum absolute atomic E-state index is 11.1. The third kappa shape index (κ3) is 1.91. The molecule has 1 fully saturated rings. The van der Waals surface area contributed by atoms with Gasteiger partial charge in [0.25, 0.3) is 0 Å². The second-order valence-corrected chi connectivity index (χ2v) is 2.92. The number of cyclic esters (lactones) is 1. The summed E-state index contributed by atoms with van der Waals surface area (Å²) in [5, 5.41) is 0. The van der Waals surface area contributed by atoms with Gasteiger partial charge in [0.2, 0.25) is 0 Å². The Bertz CT molecular complexity index is 207. The Kier molecular flexibility index (Phi) is 2.98. The lowest BCUT2D eigenvalue weighted by Gasteiger charge is -2.30. The summed E-state index contributed by atoms with van der Waals surface area (Å²) >= 11 is 0. The van der Waals surface area contributed by atoms with Crippen LogP contribution >= 0.6 is 0 Å². The minimum Gasteiger partial charge on any atom is -0.449 e. The lowest BCUT2D eigenvalue weighted by molar-refractivity contribution is 0.0591. The van der Waals surface area contributed by atoms with E-state index >= 15 is 0 Å². The zero-order chi connectivity index (χ0) is 8.97. The highest BCUT2D eigenvalue weighted by atomic mass is 16.6. The van der Waals surface area contributed by atoms with Gasteiger partial charge < -0.3 is 9.64 Å². The molecule has 0 bridgehead atoms. The van der Waals surface area contributed by atoms with Crippen LogP contribution in [0.15, 0.2) is 0 Å². The maximum Gasteiger partial charge on any atom is 0.410 e.